The number of rotatable bonds is 5. The molecule has 6 heteroatoms. The van der Waals surface area contributed by atoms with Gasteiger partial charge in [0.25, 0.3) is 0 Å². The van der Waals surface area contributed by atoms with Crippen LogP contribution in [-0.4, -0.2) is 40.3 Å². The largest absolute Gasteiger partial charge is 0.354 e. The topological polar surface area (TPSA) is 71.8 Å². The lowest BCUT2D eigenvalue weighted by molar-refractivity contribution is -0.121. The number of nitrogens with one attached hydrogen (secondary N) is 2. The molecule has 0 unspecified atom stereocenters. The van der Waals surface area contributed by atoms with Gasteiger partial charge in [-0.1, -0.05) is 11.6 Å². The third-order valence-corrected chi connectivity index (χ3v) is 2.70. The Morgan fingerprint density at radius 2 is 2.53 bits per heavy atom. The van der Waals surface area contributed by atoms with E-state index in [1.807, 2.05) is 0 Å². The molecule has 0 radical (unpaired) electrons. The molecule has 0 aliphatic carbocycles. The lowest BCUT2D eigenvalue weighted by Gasteiger charge is -2.14. The Hall–Kier alpha value is -1.69. The fourth-order valence-electron chi connectivity index (χ4n) is 1.78. The molecular formula is C11H17N5O. The van der Waals surface area contributed by atoms with Crippen molar-refractivity contribution in [1.82, 2.24) is 25.4 Å². The van der Waals surface area contributed by atoms with Crippen LogP contribution in [0.4, 0.5) is 0 Å². The number of carbonyl (C=O) groups excluding carboxylic acids is 1. The summed E-state index contributed by atoms with van der Waals surface area (Å²) >= 11 is 0. The van der Waals surface area contributed by atoms with Crippen molar-refractivity contribution in [3.8, 4) is 0 Å². The first-order valence-corrected chi connectivity index (χ1v) is 5.82. The van der Waals surface area contributed by atoms with Gasteiger partial charge in [-0.15, -0.1) is 0 Å². The Labute approximate surface area is 100 Å². The van der Waals surface area contributed by atoms with Crippen LogP contribution in [0.1, 0.15) is 12.8 Å². The second-order valence-corrected chi connectivity index (χ2v) is 4.01. The smallest absolute Gasteiger partial charge is 0.241 e. The van der Waals surface area contributed by atoms with Crippen molar-refractivity contribution in [2.24, 2.45) is 0 Å². The zero-order chi connectivity index (χ0) is 11.9. The quantitative estimate of drug-likeness (QED) is 0.688. The van der Waals surface area contributed by atoms with Gasteiger partial charge in [0.15, 0.2) is 0 Å². The van der Waals surface area contributed by atoms with Crippen LogP contribution >= 0.6 is 0 Å². The standard InChI is InChI=1S/C11H17N5O/c17-11(7-16-9-13-8-15-16)14-6-3-10-1-4-12-5-2-10/h1,8-9,12H,2-7H2,(H,14,17). The zero-order valence-corrected chi connectivity index (χ0v) is 9.72. The average molecular weight is 235 g/mol. The van der Waals surface area contributed by atoms with Crippen molar-refractivity contribution in [1.29, 1.82) is 0 Å². The van der Waals surface area contributed by atoms with E-state index in [1.54, 1.807) is 0 Å². The molecule has 92 valence electrons. The molecule has 1 aromatic rings. The Balaban J connectivity index is 1.64. The van der Waals surface area contributed by atoms with Crippen LogP contribution in [0.25, 0.3) is 0 Å². The van der Waals surface area contributed by atoms with Crippen LogP contribution in [0.2, 0.25) is 0 Å². The molecule has 2 rings (SSSR count). The van der Waals surface area contributed by atoms with Gasteiger partial charge in [0, 0.05) is 13.1 Å². The number of aromatic nitrogens is 3. The van der Waals surface area contributed by atoms with Crippen LogP contribution in [0.5, 0.6) is 0 Å². The highest BCUT2D eigenvalue weighted by molar-refractivity contribution is 5.75. The Morgan fingerprint density at radius 1 is 1.59 bits per heavy atom. The molecule has 0 aromatic carbocycles. The number of nitrogens with zero attached hydrogens (tertiary/aromatic N) is 3. The van der Waals surface area contributed by atoms with E-state index in [0.29, 0.717) is 6.54 Å². The lowest BCUT2D eigenvalue weighted by atomic mass is 10.1. The van der Waals surface area contributed by atoms with Gasteiger partial charge in [-0.05, 0) is 19.4 Å². The summed E-state index contributed by atoms with van der Waals surface area (Å²) in [6.07, 6.45) is 7.18. The summed E-state index contributed by atoms with van der Waals surface area (Å²) in [5.74, 6) is -0.0231. The highest BCUT2D eigenvalue weighted by Gasteiger charge is 2.05. The monoisotopic (exact) mass is 235 g/mol. The second kappa shape index (κ2) is 6.15. The van der Waals surface area contributed by atoms with Crippen LogP contribution in [0.3, 0.4) is 0 Å². The number of amides is 1. The van der Waals surface area contributed by atoms with E-state index < -0.39 is 0 Å². The predicted octanol–water partition coefficient (Wildman–Crippen LogP) is -0.296. The van der Waals surface area contributed by atoms with Gasteiger partial charge in [0.05, 0.1) is 0 Å². The molecule has 17 heavy (non-hydrogen) atoms. The van der Waals surface area contributed by atoms with Gasteiger partial charge in [-0.25, -0.2) is 9.67 Å². The molecule has 1 aromatic heterocycles. The Bertz CT molecular complexity index is 385. The van der Waals surface area contributed by atoms with Crippen LogP contribution in [0, 0.1) is 0 Å². The van der Waals surface area contributed by atoms with E-state index in [1.165, 1.54) is 22.9 Å². The third-order valence-electron chi connectivity index (χ3n) is 2.70. The van der Waals surface area contributed by atoms with Crippen LogP contribution < -0.4 is 10.6 Å². The Kier molecular flexibility index (Phi) is 4.26. The minimum absolute atomic E-state index is 0.0231. The van der Waals surface area contributed by atoms with Gasteiger partial charge in [-0.2, -0.15) is 5.10 Å². The molecule has 0 fully saturated rings. The zero-order valence-electron chi connectivity index (χ0n) is 9.72. The second-order valence-electron chi connectivity index (χ2n) is 4.01. The number of hydrogen-bond acceptors (Lipinski definition) is 4. The van der Waals surface area contributed by atoms with Crippen molar-refractivity contribution >= 4 is 5.91 Å². The van der Waals surface area contributed by atoms with Gasteiger partial charge >= 0.3 is 0 Å². The van der Waals surface area contributed by atoms with E-state index in [4.69, 9.17) is 0 Å². The molecule has 1 aliphatic heterocycles. The van der Waals surface area contributed by atoms with E-state index in [2.05, 4.69) is 26.8 Å². The van der Waals surface area contributed by atoms with Crippen molar-refractivity contribution in [3.63, 3.8) is 0 Å². The van der Waals surface area contributed by atoms with Gasteiger partial charge in [0.2, 0.25) is 5.91 Å². The van der Waals surface area contributed by atoms with E-state index in [-0.39, 0.29) is 12.5 Å². The number of carbonyl (C=O) groups is 1. The van der Waals surface area contributed by atoms with Gasteiger partial charge in [-0.3, -0.25) is 4.79 Å². The summed E-state index contributed by atoms with van der Waals surface area (Å²) < 4.78 is 1.51. The van der Waals surface area contributed by atoms with E-state index >= 15 is 0 Å². The SMILES string of the molecule is O=C(Cn1cncn1)NCCC1=CCNCC1. The maximum Gasteiger partial charge on any atom is 0.241 e. The molecular weight excluding hydrogens is 218 g/mol. The lowest BCUT2D eigenvalue weighted by Crippen LogP contribution is -2.29. The van der Waals surface area contributed by atoms with Crippen molar-refractivity contribution in [3.05, 3.63) is 24.3 Å². The molecule has 0 saturated heterocycles. The minimum Gasteiger partial charge on any atom is -0.354 e. The predicted molar refractivity (Wildman–Crippen MR) is 63.2 cm³/mol. The highest BCUT2D eigenvalue weighted by atomic mass is 16.2. The van der Waals surface area contributed by atoms with Crippen molar-refractivity contribution in [2.75, 3.05) is 19.6 Å². The van der Waals surface area contributed by atoms with Gasteiger partial charge < -0.3 is 10.6 Å². The first-order chi connectivity index (χ1) is 8.34. The van der Waals surface area contributed by atoms with Crippen molar-refractivity contribution < 1.29 is 4.79 Å². The molecule has 6 nitrogen and oxygen atoms in total. The fraction of sp³-hybridized carbons (Fsp3) is 0.545. The highest BCUT2D eigenvalue weighted by Crippen LogP contribution is 2.07. The van der Waals surface area contributed by atoms with E-state index in [0.717, 1.165) is 25.9 Å². The summed E-state index contributed by atoms with van der Waals surface area (Å²) in [4.78, 5) is 15.3. The summed E-state index contributed by atoms with van der Waals surface area (Å²) in [5, 5.41) is 10.0. The molecule has 1 amide bonds. The molecule has 2 N–H and O–H groups in total. The molecule has 0 spiro atoms. The number of hydrogen-bond donors (Lipinski definition) is 2. The normalized spacial score (nSPS) is 15.4. The van der Waals surface area contributed by atoms with Crippen LogP contribution in [-0.2, 0) is 11.3 Å². The van der Waals surface area contributed by atoms with Crippen molar-refractivity contribution in [2.45, 2.75) is 19.4 Å². The van der Waals surface area contributed by atoms with Gasteiger partial charge in [0.1, 0.15) is 19.2 Å². The van der Waals surface area contributed by atoms with Crippen LogP contribution in [0.15, 0.2) is 24.3 Å². The molecule has 0 bridgehead atoms. The maximum absolute atomic E-state index is 11.5. The summed E-state index contributed by atoms with van der Waals surface area (Å²) in [7, 11) is 0. The summed E-state index contributed by atoms with van der Waals surface area (Å²) in [6.45, 7) is 2.92. The third kappa shape index (κ3) is 3.99. The first-order valence-electron chi connectivity index (χ1n) is 5.82. The Morgan fingerprint density at radius 3 is 3.24 bits per heavy atom. The summed E-state index contributed by atoms with van der Waals surface area (Å²) in [5.41, 5.74) is 1.42. The molecule has 1 aliphatic rings. The average Bonchev–Trinajstić information content (AvgIpc) is 2.83. The maximum atomic E-state index is 11.5. The molecule has 0 saturated carbocycles. The first kappa shape index (κ1) is 11.8. The summed E-state index contributed by atoms with van der Waals surface area (Å²) in [6, 6.07) is 0. The fourth-order valence-corrected chi connectivity index (χ4v) is 1.78. The van der Waals surface area contributed by atoms with E-state index in [9.17, 15) is 4.79 Å². The molecule has 0 atom stereocenters. The minimum atomic E-state index is -0.0231. The molecule has 2 heterocycles.